The Kier molecular flexibility index (Phi) is 6.20. The average molecular weight is 425 g/mol. The third-order valence-corrected chi connectivity index (χ3v) is 5.79. The Morgan fingerprint density at radius 2 is 2.03 bits per heavy atom. The fraction of sp³-hybridized carbons (Fsp3) is 0.333. The molecule has 0 atom stereocenters. The molecular weight excluding hydrogens is 400 g/mol. The summed E-state index contributed by atoms with van der Waals surface area (Å²) in [7, 11) is 0. The second kappa shape index (κ2) is 9.19. The monoisotopic (exact) mass is 424 g/mol. The van der Waals surface area contributed by atoms with Crippen LogP contribution in [0.2, 0.25) is 0 Å². The number of aryl methyl sites for hydroxylation is 2. The summed E-state index contributed by atoms with van der Waals surface area (Å²) < 4.78 is 7.11. The van der Waals surface area contributed by atoms with Crippen molar-refractivity contribution in [2.45, 2.75) is 20.4 Å². The van der Waals surface area contributed by atoms with Gasteiger partial charge in [0.05, 0.1) is 35.7 Å². The molecule has 0 aliphatic carbocycles. The van der Waals surface area contributed by atoms with Crippen LogP contribution in [0.1, 0.15) is 16.3 Å². The van der Waals surface area contributed by atoms with Crippen molar-refractivity contribution in [1.29, 1.82) is 0 Å². The largest absolute Gasteiger partial charge is 0.378 e. The lowest BCUT2D eigenvalue weighted by Crippen LogP contribution is -2.36. The van der Waals surface area contributed by atoms with E-state index in [-0.39, 0.29) is 12.5 Å². The lowest BCUT2D eigenvalue weighted by Gasteiger charge is -2.26. The number of carbonyl (C=O) groups is 1. The number of benzene rings is 1. The Bertz CT molecular complexity index is 1040. The third kappa shape index (κ3) is 4.74. The van der Waals surface area contributed by atoms with Gasteiger partial charge in [-0.05, 0) is 19.9 Å². The van der Waals surface area contributed by atoms with E-state index in [1.54, 1.807) is 22.2 Å². The number of ether oxygens (including phenoxy) is 1. The summed E-state index contributed by atoms with van der Waals surface area (Å²) in [5.41, 5.74) is 6.30. The first-order valence-electron chi connectivity index (χ1n) is 9.82. The van der Waals surface area contributed by atoms with E-state index in [1.165, 1.54) is 0 Å². The number of aromatic nitrogens is 3. The van der Waals surface area contributed by atoms with Crippen LogP contribution in [0, 0.1) is 13.8 Å². The standard InChI is InChI=1S/C21H24N6O2S/c1-15-12-16(2)27(25-15)14-19(28)24-22-13-18-20(17-6-4-3-5-7-17)23-21(30-18)26-8-10-29-11-9-26/h3-7,12-13H,8-11,14H2,1-2H3,(H,24,28)/b22-13+. The highest BCUT2D eigenvalue weighted by Gasteiger charge is 2.19. The van der Waals surface area contributed by atoms with Gasteiger partial charge < -0.3 is 9.64 Å². The zero-order valence-electron chi connectivity index (χ0n) is 17.0. The highest BCUT2D eigenvalue weighted by molar-refractivity contribution is 7.17. The van der Waals surface area contributed by atoms with Crippen LogP contribution in [0.25, 0.3) is 11.3 Å². The summed E-state index contributed by atoms with van der Waals surface area (Å²) in [5.74, 6) is -0.225. The molecule has 1 fully saturated rings. The fourth-order valence-electron chi connectivity index (χ4n) is 3.27. The molecule has 0 saturated carbocycles. The maximum Gasteiger partial charge on any atom is 0.261 e. The predicted molar refractivity (Wildman–Crippen MR) is 118 cm³/mol. The minimum atomic E-state index is -0.225. The minimum absolute atomic E-state index is 0.129. The number of thiazole rings is 1. The Labute approximate surface area is 179 Å². The predicted octanol–water partition coefficient (Wildman–Crippen LogP) is 2.61. The van der Waals surface area contributed by atoms with Crippen molar-refractivity contribution in [3.8, 4) is 11.3 Å². The molecule has 30 heavy (non-hydrogen) atoms. The van der Waals surface area contributed by atoms with E-state index in [9.17, 15) is 4.79 Å². The number of nitrogens with one attached hydrogen (secondary N) is 1. The summed E-state index contributed by atoms with van der Waals surface area (Å²) in [6.45, 7) is 6.99. The molecule has 4 rings (SSSR count). The number of hydrogen-bond donors (Lipinski definition) is 1. The van der Waals surface area contributed by atoms with Crippen molar-refractivity contribution < 1.29 is 9.53 Å². The number of morpholine rings is 1. The molecule has 1 aliphatic heterocycles. The normalized spacial score (nSPS) is 14.4. The zero-order chi connectivity index (χ0) is 20.9. The topological polar surface area (TPSA) is 84.6 Å². The Hall–Kier alpha value is -3.04. The molecule has 9 heteroatoms. The van der Waals surface area contributed by atoms with E-state index in [4.69, 9.17) is 9.72 Å². The Balaban J connectivity index is 1.51. The number of hydrogen-bond acceptors (Lipinski definition) is 7. The van der Waals surface area contributed by atoms with Crippen LogP contribution in [-0.4, -0.2) is 53.2 Å². The van der Waals surface area contributed by atoms with E-state index in [2.05, 4.69) is 20.5 Å². The van der Waals surface area contributed by atoms with Gasteiger partial charge in [0, 0.05) is 24.3 Å². The maximum atomic E-state index is 12.3. The van der Waals surface area contributed by atoms with Crippen LogP contribution >= 0.6 is 11.3 Å². The molecule has 8 nitrogen and oxygen atoms in total. The summed E-state index contributed by atoms with van der Waals surface area (Å²) in [4.78, 5) is 20.2. The maximum absolute atomic E-state index is 12.3. The Morgan fingerprint density at radius 3 is 2.73 bits per heavy atom. The highest BCUT2D eigenvalue weighted by Crippen LogP contribution is 2.32. The first-order valence-corrected chi connectivity index (χ1v) is 10.6. The molecule has 1 saturated heterocycles. The van der Waals surface area contributed by atoms with Crippen LogP contribution in [0.3, 0.4) is 0 Å². The summed E-state index contributed by atoms with van der Waals surface area (Å²) in [5, 5.41) is 9.42. The van der Waals surface area contributed by atoms with Crippen LogP contribution in [0.5, 0.6) is 0 Å². The van der Waals surface area contributed by atoms with Gasteiger partial charge in [0.15, 0.2) is 5.13 Å². The van der Waals surface area contributed by atoms with Crippen molar-refractivity contribution >= 4 is 28.6 Å². The highest BCUT2D eigenvalue weighted by atomic mass is 32.1. The molecule has 3 heterocycles. The van der Waals surface area contributed by atoms with Gasteiger partial charge in [-0.15, -0.1) is 0 Å². The molecule has 1 N–H and O–H groups in total. The molecular formula is C21H24N6O2S. The number of carbonyl (C=O) groups excluding carboxylic acids is 1. The van der Waals surface area contributed by atoms with Crippen molar-refractivity contribution in [1.82, 2.24) is 20.2 Å². The van der Waals surface area contributed by atoms with Gasteiger partial charge in [-0.1, -0.05) is 41.7 Å². The van der Waals surface area contributed by atoms with E-state index in [1.807, 2.05) is 50.2 Å². The Morgan fingerprint density at radius 1 is 1.27 bits per heavy atom. The zero-order valence-corrected chi connectivity index (χ0v) is 17.9. The van der Waals surface area contributed by atoms with Crippen molar-refractivity contribution in [2.75, 3.05) is 31.2 Å². The quantitative estimate of drug-likeness (QED) is 0.486. The number of amides is 1. The molecule has 2 aromatic heterocycles. The molecule has 1 aliphatic rings. The average Bonchev–Trinajstić information content (AvgIpc) is 3.32. The lowest BCUT2D eigenvalue weighted by molar-refractivity contribution is -0.121. The van der Waals surface area contributed by atoms with Gasteiger partial charge in [0.1, 0.15) is 6.54 Å². The third-order valence-electron chi connectivity index (χ3n) is 4.74. The van der Waals surface area contributed by atoms with Gasteiger partial charge >= 0.3 is 0 Å². The number of hydrazone groups is 1. The molecule has 0 spiro atoms. The molecule has 0 unspecified atom stereocenters. The molecule has 1 aromatic carbocycles. The molecule has 3 aromatic rings. The van der Waals surface area contributed by atoms with Gasteiger partial charge in [0.25, 0.3) is 5.91 Å². The first kappa shape index (κ1) is 20.2. The molecule has 156 valence electrons. The number of nitrogens with zero attached hydrogens (tertiary/aromatic N) is 5. The summed E-state index contributed by atoms with van der Waals surface area (Å²) >= 11 is 1.56. The van der Waals surface area contributed by atoms with Crippen molar-refractivity contribution in [3.63, 3.8) is 0 Å². The molecule has 0 radical (unpaired) electrons. The SMILES string of the molecule is Cc1cc(C)n(CC(=O)N/N=C/c2sc(N3CCOCC3)nc2-c2ccccc2)n1. The number of rotatable bonds is 6. The van der Waals surface area contributed by atoms with Crippen LogP contribution in [0.15, 0.2) is 41.5 Å². The van der Waals surface area contributed by atoms with Gasteiger partial charge in [-0.2, -0.15) is 10.2 Å². The van der Waals surface area contributed by atoms with Crippen LogP contribution in [0.4, 0.5) is 5.13 Å². The lowest BCUT2D eigenvalue weighted by atomic mass is 10.1. The summed E-state index contributed by atoms with van der Waals surface area (Å²) in [6.07, 6.45) is 1.67. The molecule has 0 bridgehead atoms. The summed E-state index contributed by atoms with van der Waals surface area (Å²) in [6, 6.07) is 11.9. The van der Waals surface area contributed by atoms with E-state index in [0.717, 1.165) is 45.7 Å². The van der Waals surface area contributed by atoms with E-state index < -0.39 is 0 Å². The van der Waals surface area contributed by atoms with E-state index in [0.29, 0.717) is 13.2 Å². The van der Waals surface area contributed by atoms with E-state index >= 15 is 0 Å². The number of anilines is 1. The molecule has 1 amide bonds. The van der Waals surface area contributed by atoms with Gasteiger partial charge in [-0.25, -0.2) is 10.4 Å². The van der Waals surface area contributed by atoms with Crippen LogP contribution < -0.4 is 10.3 Å². The van der Waals surface area contributed by atoms with Gasteiger partial charge in [-0.3, -0.25) is 9.48 Å². The second-order valence-electron chi connectivity index (χ2n) is 7.05. The fourth-order valence-corrected chi connectivity index (χ4v) is 4.28. The first-order chi connectivity index (χ1) is 14.6. The van der Waals surface area contributed by atoms with Gasteiger partial charge in [0.2, 0.25) is 0 Å². The van der Waals surface area contributed by atoms with Crippen molar-refractivity contribution in [3.05, 3.63) is 52.7 Å². The smallest absolute Gasteiger partial charge is 0.261 e. The second-order valence-corrected chi connectivity index (χ2v) is 8.06. The van der Waals surface area contributed by atoms with Crippen LogP contribution in [-0.2, 0) is 16.1 Å². The minimum Gasteiger partial charge on any atom is -0.378 e. The van der Waals surface area contributed by atoms with Crippen molar-refractivity contribution in [2.24, 2.45) is 5.10 Å².